The molecule has 0 radical (unpaired) electrons. The third-order valence-corrected chi connectivity index (χ3v) is 4.88. The first-order valence-electron chi connectivity index (χ1n) is 7.11. The minimum atomic E-state index is -0.117. The predicted octanol–water partition coefficient (Wildman–Crippen LogP) is 3.29. The molecule has 2 rings (SSSR count). The van der Waals surface area contributed by atoms with Gasteiger partial charge in [-0.2, -0.15) is 0 Å². The SMILES string of the molecule is Cc1ccc(SCCC(C)(CO)NC2CC2)cc1C. The van der Waals surface area contributed by atoms with Gasteiger partial charge in [-0.05, 0) is 69.0 Å². The average molecular weight is 279 g/mol. The van der Waals surface area contributed by atoms with Crippen LogP contribution in [0, 0.1) is 13.8 Å². The molecule has 1 unspecified atom stereocenters. The maximum Gasteiger partial charge on any atom is 0.0610 e. The van der Waals surface area contributed by atoms with Crippen LogP contribution in [0.4, 0.5) is 0 Å². The molecule has 2 N–H and O–H groups in total. The minimum Gasteiger partial charge on any atom is -0.394 e. The zero-order valence-electron chi connectivity index (χ0n) is 12.2. The molecule has 0 amide bonds. The van der Waals surface area contributed by atoms with Crippen LogP contribution in [0.25, 0.3) is 0 Å². The number of hydrogen-bond acceptors (Lipinski definition) is 3. The van der Waals surface area contributed by atoms with Crippen LogP contribution in [0.1, 0.15) is 37.3 Å². The number of nitrogens with one attached hydrogen (secondary N) is 1. The second-order valence-electron chi connectivity index (χ2n) is 5.98. The van der Waals surface area contributed by atoms with Crippen LogP contribution in [0.2, 0.25) is 0 Å². The number of aryl methyl sites for hydroxylation is 2. The summed E-state index contributed by atoms with van der Waals surface area (Å²) in [5.74, 6) is 1.04. The van der Waals surface area contributed by atoms with Gasteiger partial charge in [-0.15, -0.1) is 11.8 Å². The summed E-state index contributed by atoms with van der Waals surface area (Å²) in [5.41, 5.74) is 2.58. The lowest BCUT2D eigenvalue weighted by atomic mass is 10.0. The van der Waals surface area contributed by atoms with Gasteiger partial charge < -0.3 is 10.4 Å². The normalized spacial score (nSPS) is 18.3. The molecule has 19 heavy (non-hydrogen) atoms. The topological polar surface area (TPSA) is 32.3 Å². The van der Waals surface area contributed by atoms with Gasteiger partial charge in [0.25, 0.3) is 0 Å². The van der Waals surface area contributed by atoms with Crippen molar-refractivity contribution < 1.29 is 5.11 Å². The molecule has 0 aliphatic heterocycles. The lowest BCUT2D eigenvalue weighted by Crippen LogP contribution is -2.47. The summed E-state index contributed by atoms with van der Waals surface area (Å²) < 4.78 is 0. The van der Waals surface area contributed by atoms with E-state index in [9.17, 15) is 5.11 Å². The fraction of sp³-hybridized carbons (Fsp3) is 0.625. The van der Waals surface area contributed by atoms with Gasteiger partial charge in [0.15, 0.2) is 0 Å². The third kappa shape index (κ3) is 4.51. The summed E-state index contributed by atoms with van der Waals surface area (Å²) in [6.45, 7) is 6.65. The first-order valence-corrected chi connectivity index (χ1v) is 8.09. The van der Waals surface area contributed by atoms with Gasteiger partial charge in [0.2, 0.25) is 0 Å². The van der Waals surface area contributed by atoms with Gasteiger partial charge in [-0.3, -0.25) is 0 Å². The molecular weight excluding hydrogens is 254 g/mol. The maximum absolute atomic E-state index is 9.57. The Kier molecular flexibility index (Phi) is 4.93. The first kappa shape index (κ1) is 14.9. The fourth-order valence-electron chi connectivity index (χ4n) is 2.12. The zero-order valence-corrected chi connectivity index (χ0v) is 13.0. The van der Waals surface area contributed by atoms with Crippen molar-refractivity contribution in [3.63, 3.8) is 0 Å². The van der Waals surface area contributed by atoms with Crippen LogP contribution in [-0.2, 0) is 0 Å². The van der Waals surface area contributed by atoms with E-state index in [1.165, 1.54) is 28.9 Å². The number of hydrogen-bond donors (Lipinski definition) is 2. The Balaban J connectivity index is 1.82. The summed E-state index contributed by atoms with van der Waals surface area (Å²) in [4.78, 5) is 1.33. The maximum atomic E-state index is 9.57. The van der Waals surface area contributed by atoms with E-state index in [0.717, 1.165) is 12.2 Å². The number of aliphatic hydroxyl groups is 1. The Bertz CT molecular complexity index is 431. The molecule has 0 bridgehead atoms. The number of aliphatic hydroxyl groups excluding tert-OH is 1. The van der Waals surface area contributed by atoms with E-state index in [4.69, 9.17) is 0 Å². The molecule has 1 aromatic rings. The van der Waals surface area contributed by atoms with E-state index in [2.05, 4.69) is 44.3 Å². The molecular formula is C16H25NOS. The standard InChI is InChI=1S/C16H25NOS/c1-12-4-7-15(10-13(12)2)19-9-8-16(3,11-18)17-14-5-6-14/h4,7,10,14,17-18H,5-6,8-9,11H2,1-3H3. The van der Waals surface area contributed by atoms with E-state index in [1.54, 1.807) is 0 Å². The molecule has 0 saturated heterocycles. The van der Waals surface area contributed by atoms with Crippen molar-refractivity contribution >= 4 is 11.8 Å². The molecule has 1 saturated carbocycles. The molecule has 1 fully saturated rings. The second kappa shape index (κ2) is 6.29. The summed E-state index contributed by atoms with van der Waals surface area (Å²) in [7, 11) is 0. The van der Waals surface area contributed by atoms with Crippen LogP contribution in [0.5, 0.6) is 0 Å². The summed E-state index contributed by atoms with van der Waals surface area (Å²) in [5, 5.41) is 13.1. The molecule has 1 aromatic carbocycles. The van der Waals surface area contributed by atoms with E-state index < -0.39 is 0 Å². The van der Waals surface area contributed by atoms with E-state index in [-0.39, 0.29) is 12.1 Å². The fourth-order valence-corrected chi connectivity index (χ4v) is 3.33. The van der Waals surface area contributed by atoms with Crippen LogP contribution in [0.15, 0.2) is 23.1 Å². The van der Waals surface area contributed by atoms with Crippen molar-refractivity contribution in [2.75, 3.05) is 12.4 Å². The van der Waals surface area contributed by atoms with E-state index in [1.807, 2.05) is 11.8 Å². The van der Waals surface area contributed by atoms with Crippen molar-refractivity contribution in [3.05, 3.63) is 29.3 Å². The largest absolute Gasteiger partial charge is 0.394 e. The van der Waals surface area contributed by atoms with Gasteiger partial charge in [0.05, 0.1) is 6.61 Å². The molecule has 1 aliphatic rings. The van der Waals surface area contributed by atoms with Crippen molar-refractivity contribution in [2.45, 2.75) is 56.5 Å². The summed E-state index contributed by atoms with van der Waals surface area (Å²) >= 11 is 1.88. The highest BCUT2D eigenvalue weighted by molar-refractivity contribution is 7.99. The van der Waals surface area contributed by atoms with Gasteiger partial charge >= 0.3 is 0 Å². The molecule has 1 aliphatic carbocycles. The zero-order chi connectivity index (χ0) is 13.9. The molecule has 1 atom stereocenters. The van der Waals surface area contributed by atoms with Crippen molar-refractivity contribution in [1.29, 1.82) is 0 Å². The van der Waals surface area contributed by atoms with E-state index >= 15 is 0 Å². The smallest absolute Gasteiger partial charge is 0.0610 e. The molecule has 3 heteroatoms. The van der Waals surface area contributed by atoms with Gasteiger partial charge in [0, 0.05) is 16.5 Å². The van der Waals surface area contributed by atoms with Gasteiger partial charge in [-0.25, -0.2) is 0 Å². The number of thioether (sulfide) groups is 1. The quantitative estimate of drug-likeness (QED) is 0.751. The molecule has 0 heterocycles. The van der Waals surface area contributed by atoms with Gasteiger partial charge in [-0.1, -0.05) is 6.07 Å². The molecule has 106 valence electrons. The molecule has 0 spiro atoms. The molecule has 0 aromatic heterocycles. The van der Waals surface area contributed by atoms with E-state index in [0.29, 0.717) is 6.04 Å². The van der Waals surface area contributed by atoms with Crippen molar-refractivity contribution in [2.24, 2.45) is 0 Å². The highest BCUT2D eigenvalue weighted by Gasteiger charge is 2.31. The monoisotopic (exact) mass is 279 g/mol. The number of rotatable bonds is 7. The van der Waals surface area contributed by atoms with Crippen LogP contribution < -0.4 is 5.32 Å². The van der Waals surface area contributed by atoms with Crippen LogP contribution >= 0.6 is 11.8 Å². The van der Waals surface area contributed by atoms with Crippen molar-refractivity contribution in [3.8, 4) is 0 Å². The Labute approximate surface area is 121 Å². The average Bonchev–Trinajstić information content (AvgIpc) is 3.17. The Hall–Kier alpha value is -0.510. The highest BCUT2D eigenvalue weighted by Crippen LogP contribution is 2.27. The van der Waals surface area contributed by atoms with Crippen LogP contribution in [-0.4, -0.2) is 29.0 Å². The van der Waals surface area contributed by atoms with Crippen LogP contribution in [0.3, 0.4) is 0 Å². The summed E-state index contributed by atoms with van der Waals surface area (Å²) in [6.07, 6.45) is 3.53. The lowest BCUT2D eigenvalue weighted by molar-refractivity contribution is 0.169. The lowest BCUT2D eigenvalue weighted by Gasteiger charge is -2.29. The van der Waals surface area contributed by atoms with Gasteiger partial charge in [0.1, 0.15) is 0 Å². The minimum absolute atomic E-state index is 0.117. The Morgan fingerprint density at radius 1 is 1.32 bits per heavy atom. The third-order valence-electron chi connectivity index (χ3n) is 3.88. The highest BCUT2D eigenvalue weighted by atomic mass is 32.2. The molecule has 2 nitrogen and oxygen atoms in total. The van der Waals surface area contributed by atoms with Crippen molar-refractivity contribution in [1.82, 2.24) is 5.32 Å². The number of benzene rings is 1. The first-order chi connectivity index (χ1) is 9.02. The second-order valence-corrected chi connectivity index (χ2v) is 7.15. The Morgan fingerprint density at radius 3 is 2.63 bits per heavy atom. The Morgan fingerprint density at radius 2 is 2.05 bits per heavy atom. The predicted molar refractivity (Wildman–Crippen MR) is 82.9 cm³/mol. The summed E-state index contributed by atoms with van der Waals surface area (Å²) in [6, 6.07) is 7.27.